The molecule has 0 radical (unpaired) electrons. The standard InChI is InChI=1S/C32H37BrN4O6/c1-6-8-13-42-25-11-9-24(10-12-25)35-31(39)32(40)37-34-18-23-16-26(33)30(27(17-23)41-7-2)43-19-28(38)36-29-21(4)14-20(3)15-22(29)5/h9-12,14-18H,6-8,13,19H2,1-5H3,(H,35,39)(H,36,38)(H,37,40)/b34-18-. The molecule has 0 saturated heterocycles. The number of carbonyl (C=O) groups excluding carboxylic acids is 3. The summed E-state index contributed by atoms with van der Waals surface area (Å²) in [5.41, 5.74) is 7.03. The Morgan fingerprint density at radius 2 is 1.58 bits per heavy atom. The highest BCUT2D eigenvalue weighted by molar-refractivity contribution is 9.10. The van der Waals surface area contributed by atoms with Crippen LogP contribution in [0.3, 0.4) is 0 Å². The molecule has 0 heterocycles. The van der Waals surface area contributed by atoms with Gasteiger partial charge < -0.3 is 24.8 Å². The van der Waals surface area contributed by atoms with Gasteiger partial charge in [-0.05, 0) is 103 Å². The van der Waals surface area contributed by atoms with Crippen LogP contribution in [0.4, 0.5) is 11.4 Å². The largest absolute Gasteiger partial charge is 0.494 e. The Morgan fingerprint density at radius 1 is 0.884 bits per heavy atom. The summed E-state index contributed by atoms with van der Waals surface area (Å²) in [5.74, 6) is -0.714. The maximum Gasteiger partial charge on any atom is 0.329 e. The third-order valence-electron chi connectivity index (χ3n) is 6.09. The lowest BCUT2D eigenvalue weighted by Gasteiger charge is -2.16. The summed E-state index contributed by atoms with van der Waals surface area (Å²) in [5, 5.41) is 9.32. The van der Waals surface area contributed by atoms with E-state index in [4.69, 9.17) is 14.2 Å². The quantitative estimate of drug-likeness (QED) is 0.0892. The Hall–Kier alpha value is -4.38. The van der Waals surface area contributed by atoms with Crippen molar-refractivity contribution in [3.05, 3.63) is 75.3 Å². The maximum atomic E-state index is 12.7. The number of nitrogens with one attached hydrogen (secondary N) is 3. The molecule has 3 rings (SSSR count). The van der Waals surface area contributed by atoms with Gasteiger partial charge in [-0.2, -0.15) is 5.10 Å². The van der Waals surface area contributed by atoms with Crippen LogP contribution < -0.4 is 30.3 Å². The number of halogens is 1. The van der Waals surface area contributed by atoms with Crippen LogP contribution in [0.1, 0.15) is 48.9 Å². The van der Waals surface area contributed by atoms with Gasteiger partial charge in [-0.25, -0.2) is 5.43 Å². The van der Waals surface area contributed by atoms with Crippen LogP contribution in [-0.4, -0.2) is 43.8 Å². The number of ether oxygens (including phenoxy) is 3. The normalized spacial score (nSPS) is 10.7. The van der Waals surface area contributed by atoms with Gasteiger partial charge in [-0.1, -0.05) is 31.0 Å². The van der Waals surface area contributed by atoms with E-state index in [0.717, 1.165) is 35.2 Å². The summed E-state index contributed by atoms with van der Waals surface area (Å²) in [7, 11) is 0. The summed E-state index contributed by atoms with van der Waals surface area (Å²) >= 11 is 3.46. The van der Waals surface area contributed by atoms with Crippen LogP contribution in [-0.2, 0) is 14.4 Å². The van der Waals surface area contributed by atoms with Crippen LogP contribution in [0.25, 0.3) is 0 Å². The molecule has 0 aliphatic rings. The molecule has 0 spiro atoms. The molecule has 228 valence electrons. The summed E-state index contributed by atoms with van der Waals surface area (Å²) in [6, 6.07) is 14.1. The summed E-state index contributed by atoms with van der Waals surface area (Å²) < 4.78 is 17.6. The molecule has 0 aromatic heterocycles. The number of benzene rings is 3. The number of hydrazone groups is 1. The Kier molecular flexibility index (Phi) is 12.6. The highest BCUT2D eigenvalue weighted by atomic mass is 79.9. The lowest BCUT2D eigenvalue weighted by molar-refractivity contribution is -0.136. The average molecular weight is 654 g/mol. The van der Waals surface area contributed by atoms with Crippen molar-refractivity contribution in [3.8, 4) is 17.2 Å². The zero-order valence-electron chi connectivity index (χ0n) is 25.0. The minimum atomic E-state index is -0.936. The van der Waals surface area contributed by atoms with Gasteiger partial charge in [0.05, 0.1) is 23.9 Å². The zero-order valence-corrected chi connectivity index (χ0v) is 26.6. The second-order valence-electron chi connectivity index (χ2n) is 9.75. The van der Waals surface area contributed by atoms with E-state index in [-0.39, 0.29) is 12.5 Å². The molecule has 0 aliphatic carbocycles. The topological polar surface area (TPSA) is 127 Å². The van der Waals surface area contributed by atoms with Crippen molar-refractivity contribution in [2.75, 3.05) is 30.5 Å². The Labute approximate surface area is 260 Å². The van der Waals surface area contributed by atoms with Gasteiger partial charge >= 0.3 is 11.8 Å². The van der Waals surface area contributed by atoms with E-state index in [0.29, 0.717) is 46.2 Å². The Morgan fingerprint density at radius 3 is 2.23 bits per heavy atom. The molecule has 3 N–H and O–H groups in total. The fraction of sp³-hybridized carbons (Fsp3) is 0.312. The zero-order chi connectivity index (χ0) is 31.4. The summed E-state index contributed by atoms with van der Waals surface area (Å²) in [6.45, 7) is 10.5. The number of nitrogens with zero attached hydrogens (tertiary/aromatic N) is 1. The van der Waals surface area contributed by atoms with Gasteiger partial charge in [-0.15, -0.1) is 0 Å². The molecule has 0 atom stereocenters. The highest BCUT2D eigenvalue weighted by Crippen LogP contribution is 2.36. The molecule has 10 nitrogen and oxygen atoms in total. The molecule has 0 aliphatic heterocycles. The third-order valence-corrected chi connectivity index (χ3v) is 6.67. The van der Waals surface area contributed by atoms with Gasteiger partial charge in [0.1, 0.15) is 5.75 Å². The van der Waals surface area contributed by atoms with E-state index in [2.05, 4.69) is 44.0 Å². The van der Waals surface area contributed by atoms with E-state index in [1.807, 2.05) is 39.8 Å². The minimum Gasteiger partial charge on any atom is -0.494 e. The van der Waals surface area contributed by atoms with Crippen molar-refractivity contribution in [2.24, 2.45) is 5.10 Å². The first kappa shape index (κ1) is 33.1. The predicted molar refractivity (Wildman–Crippen MR) is 171 cm³/mol. The van der Waals surface area contributed by atoms with E-state index in [1.54, 1.807) is 36.4 Å². The molecule has 3 aromatic carbocycles. The first-order chi connectivity index (χ1) is 20.6. The molecule has 43 heavy (non-hydrogen) atoms. The molecule has 3 amide bonds. The third kappa shape index (κ3) is 10.1. The van der Waals surface area contributed by atoms with E-state index in [9.17, 15) is 14.4 Å². The van der Waals surface area contributed by atoms with Crippen LogP contribution in [0, 0.1) is 20.8 Å². The van der Waals surface area contributed by atoms with Crippen molar-refractivity contribution in [1.82, 2.24) is 5.43 Å². The summed E-state index contributed by atoms with van der Waals surface area (Å²) in [6.07, 6.45) is 3.35. The molecule has 3 aromatic rings. The lowest BCUT2D eigenvalue weighted by Crippen LogP contribution is -2.32. The van der Waals surface area contributed by atoms with Crippen LogP contribution >= 0.6 is 15.9 Å². The number of amides is 3. The minimum absolute atomic E-state index is 0.237. The van der Waals surface area contributed by atoms with Gasteiger partial charge in [0.15, 0.2) is 18.1 Å². The highest BCUT2D eigenvalue weighted by Gasteiger charge is 2.16. The summed E-state index contributed by atoms with van der Waals surface area (Å²) in [4.78, 5) is 37.2. The number of carbonyl (C=O) groups is 3. The Bertz CT molecular complexity index is 1450. The number of rotatable bonds is 13. The molecular formula is C32H37BrN4O6. The van der Waals surface area contributed by atoms with Crippen LogP contribution in [0.15, 0.2) is 58.1 Å². The van der Waals surface area contributed by atoms with Crippen molar-refractivity contribution in [2.45, 2.75) is 47.5 Å². The number of aryl methyl sites for hydroxylation is 3. The van der Waals surface area contributed by atoms with Crippen LogP contribution in [0.5, 0.6) is 17.2 Å². The average Bonchev–Trinajstić information content (AvgIpc) is 2.95. The lowest BCUT2D eigenvalue weighted by atomic mass is 10.1. The molecule has 0 fully saturated rings. The number of unbranched alkanes of at least 4 members (excludes halogenated alkanes) is 1. The van der Waals surface area contributed by atoms with Gasteiger partial charge in [-0.3, -0.25) is 14.4 Å². The maximum absolute atomic E-state index is 12.7. The molecule has 11 heteroatoms. The van der Waals surface area contributed by atoms with Crippen molar-refractivity contribution >= 4 is 51.2 Å². The van der Waals surface area contributed by atoms with Gasteiger partial charge in [0.2, 0.25) is 0 Å². The SMILES string of the molecule is CCCCOc1ccc(NC(=O)C(=O)N/N=C\c2cc(Br)c(OCC(=O)Nc3c(C)cc(C)cc3C)c(OCC)c2)cc1. The van der Waals surface area contributed by atoms with Crippen molar-refractivity contribution < 1.29 is 28.6 Å². The molecule has 0 bridgehead atoms. The van der Waals surface area contributed by atoms with E-state index in [1.165, 1.54) is 6.21 Å². The number of hydrogen-bond donors (Lipinski definition) is 3. The van der Waals surface area contributed by atoms with Crippen LogP contribution in [0.2, 0.25) is 0 Å². The molecule has 0 saturated carbocycles. The van der Waals surface area contributed by atoms with E-state index >= 15 is 0 Å². The van der Waals surface area contributed by atoms with Crippen molar-refractivity contribution in [1.29, 1.82) is 0 Å². The van der Waals surface area contributed by atoms with E-state index < -0.39 is 11.8 Å². The number of anilines is 2. The first-order valence-electron chi connectivity index (χ1n) is 13.9. The fourth-order valence-electron chi connectivity index (χ4n) is 4.13. The smallest absolute Gasteiger partial charge is 0.329 e. The monoisotopic (exact) mass is 652 g/mol. The number of hydrogen-bond acceptors (Lipinski definition) is 7. The first-order valence-corrected chi connectivity index (χ1v) is 14.7. The van der Waals surface area contributed by atoms with Crippen molar-refractivity contribution in [3.63, 3.8) is 0 Å². The Balaban J connectivity index is 1.58. The van der Waals surface area contributed by atoms with Gasteiger partial charge in [0, 0.05) is 11.4 Å². The second-order valence-corrected chi connectivity index (χ2v) is 10.6. The molecular weight excluding hydrogens is 616 g/mol. The molecule has 0 unspecified atom stereocenters. The predicted octanol–water partition coefficient (Wildman–Crippen LogP) is 6.06. The fourth-order valence-corrected chi connectivity index (χ4v) is 4.70. The second kappa shape index (κ2) is 16.3. The van der Waals surface area contributed by atoms with Gasteiger partial charge in [0.25, 0.3) is 5.91 Å².